The molecule has 2 heterocycles. The maximum atomic E-state index is 9.18. The fraction of sp³-hybridized carbons (Fsp3) is 0.421. The number of aromatic nitrogens is 2. The second-order valence-corrected chi connectivity index (χ2v) is 6.39. The number of anilines is 1. The number of nitrogens with one attached hydrogen (secondary N) is 1. The van der Waals surface area contributed by atoms with Crippen LogP contribution in [0, 0.1) is 17.2 Å². The Hall–Kier alpha value is -2.45. The second-order valence-electron chi connectivity index (χ2n) is 6.39. The van der Waals surface area contributed by atoms with Crippen molar-refractivity contribution in [3.63, 3.8) is 0 Å². The fourth-order valence-electron chi connectivity index (χ4n) is 3.22. The number of benzene rings is 1. The standard InChI is InChI=1S/C19H23N5/c1-15-7-11-24(12-8-15)18(16-5-3-2-4-6-16)14-23-19-17(13-20)21-9-10-22-19/h2-6,9-10,15,18H,7-8,11-12,14H2,1H3,(H,22,23). The number of likely N-dealkylation sites (tertiary alicyclic amines) is 1. The molecule has 0 aliphatic carbocycles. The first kappa shape index (κ1) is 16.4. The molecular weight excluding hydrogens is 298 g/mol. The molecule has 1 aliphatic rings. The van der Waals surface area contributed by atoms with Crippen molar-refractivity contribution < 1.29 is 0 Å². The Labute approximate surface area is 143 Å². The van der Waals surface area contributed by atoms with Crippen molar-refractivity contribution in [1.82, 2.24) is 14.9 Å². The third-order valence-corrected chi connectivity index (χ3v) is 4.71. The van der Waals surface area contributed by atoms with E-state index < -0.39 is 0 Å². The van der Waals surface area contributed by atoms with Gasteiger partial charge in [-0.2, -0.15) is 5.26 Å². The summed E-state index contributed by atoms with van der Waals surface area (Å²) in [5.41, 5.74) is 1.64. The lowest BCUT2D eigenvalue weighted by atomic mass is 9.95. The predicted molar refractivity (Wildman–Crippen MR) is 94.4 cm³/mol. The molecule has 24 heavy (non-hydrogen) atoms. The van der Waals surface area contributed by atoms with E-state index in [-0.39, 0.29) is 6.04 Å². The van der Waals surface area contributed by atoms with Gasteiger partial charge in [0.2, 0.25) is 0 Å². The highest BCUT2D eigenvalue weighted by Gasteiger charge is 2.24. The van der Waals surface area contributed by atoms with Crippen LogP contribution in [0.3, 0.4) is 0 Å². The first-order valence-corrected chi connectivity index (χ1v) is 8.52. The van der Waals surface area contributed by atoms with E-state index in [9.17, 15) is 5.26 Å². The highest BCUT2D eigenvalue weighted by atomic mass is 15.2. The van der Waals surface area contributed by atoms with Crippen molar-refractivity contribution in [3.8, 4) is 6.07 Å². The van der Waals surface area contributed by atoms with Crippen molar-refractivity contribution in [2.75, 3.05) is 25.0 Å². The van der Waals surface area contributed by atoms with Gasteiger partial charge in [0.05, 0.1) is 6.04 Å². The molecule has 0 saturated carbocycles. The van der Waals surface area contributed by atoms with Gasteiger partial charge in [-0.25, -0.2) is 9.97 Å². The van der Waals surface area contributed by atoms with E-state index in [0.29, 0.717) is 18.1 Å². The van der Waals surface area contributed by atoms with Gasteiger partial charge < -0.3 is 5.32 Å². The van der Waals surface area contributed by atoms with Gasteiger partial charge in [0.15, 0.2) is 11.5 Å². The molecular formula is C19H23N5. The molecule has 0 radical (unpaired) electrons. The smallest absolute Gasteiger partial charge is 0.182 e. The molecule has 124 valence electrons. The van der Waals surface area contributed by atoms with E-state index >= 15 is 0 Å². The van der Waals surface area contributed by atoms with E-state index in [0.717, 1.165) is 19.0 Å². The van der Waals surface area contributed by atoms with Gasteiger partial charge in [-0.3, -0.25) is 4.90 Å². The average Bonchev–Trinajstić information content (AvgIpc) is 2.64. The number of rotatable bonds is 5. The lowest BCUT2D eigenvalue weighted by molar-refractivity contribution is 0.143. The van der Waals surface area contributed by atoms with Gasteiger partial charge in [0, 0.05) is 18.9 Å². The van der Waals surface area contributed by atoms with Crippen LogP contribution in [-0.2, 0) is 0 Å². The summed E-state index contributed by atoms with van der Waals surface area (Å²) in [7, 11) is 0. The Morgan fingerprint density at radius 1 is 1.21 bits per heavy atom. The Bertz CT molecular complexity index is 686. The van der Waals surface area contributed by atoms with E-state index in [4.69, 9.17) is 0 Å². The SMILES string of the molecule is CC1CCN(C(CNc2nccnc2C#N)c2ccccc2)CC1. The summed E-state index contributed by atoms with van der Waals surface area (Å²) in [4.78, 5) is 10.9. The van der Waals surface area contributed by atoms with Crippen LogP contribution < -0.4 is 5.32 Å². The largest absolute Gasteiger partial charge is 0.366 e. The summed E-state index contributed by atoms with van der Waals surface area (Å²) in [6.07, 6.45) is 5.63. The van der Waals surface area contributed by atoms with Crippen LogP contribution in [0.25, 0.3) is 0 Å². The molecule has 2 aromatic rings. The number of hydrogen-bond donors (Lipinski definition) is 1. The molecule has 1 N–H and O–H groups in total. The van der Waals surface area contributed by atoms with Gasteiger partial charge in [-0.05, 0) is 37.4 Å². The van der Waals surface area contributed by atoms with Crippen molar-refractivity contribution in [2.45, 2.75) is 25.8 Å². The lowest BCUT2D eigenvalue weighted by Gasteiger charge is -2.37. The van der Waals surface area contributed by atoms with Crippen LogP contribution in [-0.4, -0.2) is 34.5 Å². The van der Waals surface area contributed by atoms with Gasteiger partial charge in [0.25, 0.3) is 0 Å². The monoisotopic (exact) mass is 321 g/mol. The van der Waals surface area contributed by atoms with Crippen LogP contribution in [0.5, 0.6) is 0 Å². The molecule has 5 heteroatoms. The Morgan fingerprint density at radius 3 is 2.62 bits per heavy atom. The molecule has 1 aliphatic heterocycles. The van der Waals surface area contributed by atoms with Crippen LogP contribution in [0.4, 0.5) is 5.82 Å². The van der Waals surface area contributed by atoms with Crippen molar-refractivity contribution in [2.24, 2.45) is 5.92 Å². The average molecular weight is 321 g/mol. The van der Waals surface area contributed by atoms with E-state index in [1.54, 1.807) is 12.4 Å². The van der Waals surface area contributed by atoms with Crippen molar-refractivity contribution >= 4 is 5.82 Å². The molecule has 1 aromatic carbocycles. The molecule has 1 aromatic heterocycles. The third kappa shape index (κ3) is 3.90. The first-order chi connectivity index (χ1) is 11.8. The third-order valence-electron chi connectivity index (χ3n) is 4.71. The molecule has 0 spiro atoms. The van der Waals surface area contributed by atoms with Gasteiger partial charge in [-0.15, -0.1) is 0 Å². The number of nitriles is 1. The van der Waals surface area contributed by atoms with E-state index in [2.05, 4.69) is 57.4 Å². The number of hydrogen-bond acceptors (Lipinski definition) is 5. The van der Waals surface area contributed by atoms with Crippen LogP contribution >= 0.6 is 0 Å². The zero-order valence-electron chi connectivity index (χ0n) is 14.0. The predicted octanol–water partition coefficient (Wildman–Crippen LogP) is 3.23. The van der Waals surface area contributed by atoms with Crippen LogP contribution in [0.1, 0.15) is 37.1 Å². The molecule has 0 bridgehead atoms. The summed E-state index contributed by atoms with van der Waals surface area (Å²) in [5, 5.41) is 12.5. The lowest BCUT2D eigenvalue weighted by Crippen LogP contribution is -2.39. The number of nitrogens with zero attached hydrogens (tertiary/aromatic N) is 4. The summed E-state index contributed by atoms with van der Waals surface area (Å²) in [6, 6.07) is 12.9. The van der Waals surface area contributed by atoms with Crippen LogP contribution in [0.15, 0.2) is 42.7 Å². The first-order valence-electron chi connectivity index (χ1n) is 8.52. The molecule has 3 rings (SSSR count). The van der Waals surface area contributed by atoms with E-state index in [1.165, 1.54) is 18.4 Å². The molecule has 0 amide bonds. The van der Waals surface area contributed by atoms with Crippen molar-refractivity contribution in [1.29, 1.82) is 5.26 Å². The summed E-state index contributed by atoms with van der Waals surface area (Å²) < 4.78 is 0. The van der Waals surface area contributed by atoms with Crippen molar-refractivity contribution in [3.05, 3.63) is 54.0 Å². The van der Waals surface area contributed by atoms with E-state index in [1.807, 2.05) is 6.07 Å². The summed E-state index contributed by atoms with van der Waals surface area (Å²) in [5.74, 6) is 1.36. The minimum atomic E-state index is 0.271. The second kappa shape index (κ2) is 7.89. The highest BCUT2D eigenvalue weighted by Crippen LogP contribution is 2.27. The quantitative estimate of drug-likeness (QED) is 0.916. The maximum Gasteiger partial charge on any atom is 0.182 e. The summed E-state index contributed by atoms with van der Waals surface area (Å²) in [6.45, 7) is 5.25. The zero-order chi connectivity index (χ0) is 16.8. The Kier molecular flexibility index (Phi) is 5.39. The number of piperidine rings is 1. The Balaban J connectivity index is 1.76. The molecule has 1 atom stereocenters. The maximum absolute atomic E-state index is 9.18. The van der Waals surface area contributed by atoms with Gasteiger partial charge in [-0.1, -0.05) is 37.3 Å². The minimum absolute atomic E-state index is 0.271. The van der Waals surface area contributed by atoms with Gasteiger partial charge >= 0.3 is 0 Å². The summed E-state index contributed by atoms with van der Waals surface area (Å²) >= 11 is 0. The molecule has 1 unspecified atom stereocenters. The minimum Gasteiger partial charge on any atom is -0.366 e. The van der Waals surface area contributed by atoms with Crippen LogP contribution in [0.2, 0.25) is 0 Å². The van der Waals surface area contributed by atoms with Gasteiger partial charge in [0.1, 0.15) is 6.07 Å². The fourth-order valence-corrected chi connectivity index (χ4v) is 3.22. The zero-order valence-corrected chi connectivity index (χ0v) is 14.0. The Morgan fingerprint density at radius 2 is 1.92 bits per heavy atom. The highest BCUT2D eigenvalue weighted by molar-refractivity contribution is 5.47. The molecule has 5 nitrogen and oxygen atoms in total. The topological polar surface area (TPSA) is 64.8 Å². The molecule has 1 fully saturated rings. The molecule has 1 saturated heterocycles. The normalized spacial score (nSPS) is 17.2.